The molecule has 0 radical (unpaired) electrons. The van der Waals surface area contributed by atoms with Gasteiger partial charge in [0.15, 0.2) is 5.82 Å². The summed E-state index contributed by atoms with van der Waals surface area (Å²) in [6, 6.07) is 10.1. The van der Waals surface area contributed by atoms with Gasteiger partial charge in [0.05, 0.1) is 6.54 Å². The average Bonchev–Trinajstić information content (AvgIpc) is 3.26. The maximum atomic E-state index is 4.74. The summed E-state index contributed by atoms with van der Waals surface area (Å²) in [6.45, 7) is 3.00. The maximum Gasteiger partial charge on any atom is 0.181 e. The molecule has 1 atom stereocenters. The predicted octanol–water partition coefficient (Wildman–Crippen LogP) is 2.58. The summed E-state index contributed by atoms with van der Waals surface area (Å²) < 4.78 is 2.09. The van der Waals surface area contributed by atoms with Crippen LogP contribution in [-0.4, -0.2) is 42.7 Å². The third kappa shape index (κ3) is 3.10. The van der Waals surface area contributed by atoms with Crippen molar-refractivity contribution in [3.05, 3.63) is 54.4 Å². The molecular formula is C18H22N6. The van der Waals surface area contributed by atoms with Crippen molar-refractivity contribution < 1.29 is 0 Å². The molecule has 1 saturated heterocycles. The van der Waals surface area contributed by atoms with Gasteiger partial charge in [-0.3, -0.25) is 10.00 Å². The van der Waals surface area contributed by atoms with Crippen molar-refractivity contribution in [1.29, 1.82) is 0 Å². The molecule has 124 valence electrons. The molecule has 0 spiro atoms. The summed E-state index contributed by atoms with van der Waals surface area (Å²) in [7, 11) is 2.05. The fraction of sp³-hybridized carbons (Fsp3) is 0.389. The minimum atomic E-state index is 0.406. The van der Waals surface area contributed by atoms with E-state index in [1.54, 1.807) is 0 Å². The Balaban J connectivity index is 1.46. The first-order chi connectivity index (χ1) is 11.8. The minimum Gasteiger partial charge on any atom is -0.337 e. The van der Waals surface area contributed by atoms with Crippen LogP contribution in [0.5, 0.6) is 0 Å². The van der Waals surface area contributed by atoms with Gasteiger partial charge in [-0.05, 0) is 19.4 Å². The molecule has 3 aromatic rings. The number of aromatic nitrogens is 5. The fourth-order valence-corrected chi connectivity index (χ4v) is 3.34. The molecule has 0 aliphatic carbocycles. The predicted molar refractivity (Wildman–Crippen MR) is 92.3 cm³/mol. The van der Waals surface area contributed by atoms with Crippen molar-refractivity contribution in [2.45, 2.75) is 25.3 Å². The highest BCUT2D eigenvalue weighted by atomic mass is 15.2. The normalized spacial score (nSPS) is 18.8. The van der Waals surface area contributed by atoms with Crippen LogP contribution in [0.3, 0.4) is 0 Å². The Labute approximate surface area is 141 Å². The van der Waals surface area contributed by atoms with Crippen molar-refractivity contribution in [1.82, 2.24) is 29.6 Å². The van der Waals surface area contributed by atoms with Crippen molar-refractivity contribution in [2.24, 2.45) is 7.05 Å². The summed E-state index contributed by atoms with van der Waals surface area (Å²) >= 11 is 0. The standard InChI is InChI=1S/C18H22N6/c1-23-11-9-19-16(23)13-24-10-5-8-15(12-24)18-20-17(21-22-18)14-6-3-2-4-7-14/h2-4,6-7,9,11,15H,5,8,10,12-13H2,1H3,(H,20,21,22)/t15-/m1/s1. The van der Waals surface area contributed by atoms with Gasteiger partial charge in [0.2, 0.25) is 0 Å². The Kier molecular flexibility index (Phi) is 4.13. The third-order valence-corrected chi connectivity index (χ3v) is 4.71. The van der Waals surface area contributed by atoms with Gasteiger partial charge in [-0.2, -0.15) is 5.10 Å². The highest BCUT2D eigenvalue weighted by Gasteiger charge is 2.25. The Bertz CT molecular complexity index is 791. The van der Waals surface area contributed by atoms with Crippen LogP contribution < -0.4 is 0 Å². The maximum absolute atomic E-state index is 4.74. The molecule has 1 N–H and O–H groups in total. The first-order valence-corrected chi connectivity index (χ1v) is 8.46. The number of nitrogens with one attached hydrogen (secondary N) is 1. The van der Waals surface area contributed by atoms with E-state index in [4.69, 9.17) is 4.98 Å². The van der Waals surface area contributed by atoms with E-state index in [2.05, 4.69) is 24.6 Å². The summed E-state index contributed by atoms with van der Waals surface area (Å²) in [6.07, 6.45) is 6.19. The Morgan fingerprint density at radius 1 is 1.25 bits per heavy atom. The molecule has 1 aromatic carbocycles. The summed E-state index contributed by atoms with van der Waals surface area (Å²) in [5.41, 5.74) is 1.06. The topological polar surface area (TPSA) is 62.6 Å². The number of H-pyrrole nitrogens is 1. The van der Waals surface area contributed by atoms with E-state index < -0.39 is 0 Å². The van der Waals surface area contributed by atoms with Crippen LogP contribution in [0.25, 0.3) is 11.4 Å². The molecule has 0 saturated carbocycles. The van der Waals surface area contributed by atoms with Gasteiger partial charge < -0.3 is 4.57 Å². The number of hydrogen-bond acceptors (Lipinski definition) is 4. The first-order valence-electron chi connectivity index (χ1n) is 8.46. The van der Waals surface area contributed by atoms with Crippen LogP contribution in [-0.2, 0) is 13.6 Å². The van der Waals surface area contributed by atoms with Crippen molar-refractivity contribution >= 4 is 0 Å². The molecular weight excluding hydrogens is 300 g/mol. The third-order valence-electron chi connectivity index (χ3n) is 4.71. The molecule has 0 unspecified atom stereocenters. The number of aryl methyl sites for hydroxylation is 1. The van der Waals surface area contributed by atoms with Crippen LogP contribution >= 0.6 is 0 Å². The molecule has 1 aliphatic rings. The van der Waals surface area contributed by atoms with E-state index >= 15 is 0 Å². The summed E-state index contributed by atoms with van der Waals surface area (Å²) in [5.74, 6) is 3.30. The van der Waals surface area contributed by atoms with Crippen molar-refractivity contribution in [2.75, 3.05) is 13.1 Å². The Morgan fingerprint density at radius 2 is 2.12 bits per heavy atom. The van der Waals surface area contributed by atoms with Crippen molar-refractivity contribution in [3.63, 3.8) is 0 Å². The molecule has 0 amide bonds. The molecule has 6 nitrogen and oxygen atoms in total. The molecule has 2 aromatic heterocycles. The van der Waals surface area contributed by atoms with Crippen LogP contribution in [0.1, 0.15) is 30.4 Å². The second-order valence-electron chi connectivity index (χ2n) is 6.44. The Hall–Kier alpha value is -2.47. The zero-order valence-electron chi connectivity index (χ0n) is 13.9. The minimum absolute atomic E-state index is 0.406. The highest BCUT2D eigenvalue weighted by molar-refractivity contribution is 5.53. The molecule has 3 heterocycles. The lowest BCUT2D eigenvalue weighted by Gasteiger charge is -2.31. The number of aromatic amines is 1. The lowest BCUT2D eigenvalue weighted by molar-refractivity contribution is 0.191. The largest absolute Gasteiger partial charge is 0.337 e. The van der Waals surface area contributed by atoms with Crippen molar-refractivity contribution in [3.8, 4) is 11.4 Å². The fourth-order valence-electron chi connectivity index (χ4n) is 3.34. The number of benzene rings is 1. The van der Waals surface area contributed by atoms with E-state index in [9.17, 15) is 0 Å². The van der Waals surface area contributed by atoms with Crippen LogP contribution in [0, 0.1) is 0 Å². The first kappa shape index (κ1) is 15.1. The van der Waals surface area contributed by atoms with E-state index in [0.29, 0.717) is 5.92 Å². The van der Waals surface area contributed by atoms with Crippen LogP contribution in [0.2, 0.25) is 0 Å². The monoisotopic (exact) mass is 322 g/mol. The lowest BCUT2D eigenvalue weighted by atomic mass is 9.97. The van der Waals surface area contributed by atoms with Gasteiger partial charge >= 0.3 is 0 Å². The smallest absolute Gasteiger partial charge is 0.181 e. The van der Waals surface area contributed by atoms with Gasteiger partial charge in [0, 0.05) is 37.5 Å². The average molecular weight is 322 g/mol. The second kappa shape index (κ2) is 6.57. The van der Waals surface area contributed by atoms with Crippen LogP contribution in [0.15, 0.2) is 42.7 Å². The van der Waals surface area contributed by atoms with Gasteiger partial charge in [0.1, 0.15) is 11.6 Å². The van der Waals surface area contributed by atoms with E-state index in [1.807, 2.05) is 49.8 Å². The molecule has 0 bridgehead atoms. The van der Waals surface area contributed by atoms with Gasteiger partial charge in [-0.25, -0.2) is 9.97 Å². The molecule has 24 heavy (non-hydrogen) atoms. The van der Waals surface area contributed by atoms with Gasteiger partial charge in [-0.15, -0.1) is 0 Å². The lowest BCUT2D eigenvalue weighted by Crippen LogP contribution is -2.35. The molecule has 6 heteroatoms. The second-order valence-corrected chi connectivity index (χ2v) is 6.44. The molecule has 1 fully saturated rings. The molecule has 1 aliphatic heterocycles. The molecule has 4 rings (SSSR count). The number of hydrogen-bond donors (Lipinski definition) is 1. The number of likely N-dealkylation sites (tertiary alicyclic amines) is 1. The summed E-state index contributed by atoms with van der Waals surface area (Å²) in [4.78, 5) is 11.6. The number of piperidine rings is 1. The quantitative estimate of drug-likeness (QED) is 0.802. The van der Waals surface area contributed by atoms with Gasteiger partial charge in [0.25, 0.3) is 0 Å². The highest BCUT2D eigenvalue weighted by Crippen LogP contribution is 2.26. The number of rotatable bonds is 4. The summed E-state index contributed by atoms with van der Waals surface area (Å²) in [5, 5.41) is 7.56. The van der Waals surface area contributed by atoms with E-state index in [-0.39, 0.29) is 0 Å². The number of nitrogens with zero attached hydrogens (tertiary/aromatic N) is 5. The zero-order valence-corrected chi connectivity index (χ0v) is 13.9. The van der Waals surface area contributed by atoms with Gasteiger partial charge in [-0.1, -0.05) is 30.3 Å². The van der Waals surface area contributed by atoms with Crippen LogP contribution in [0.4, 0.5) is 0 Å². The van der Waals surface area contributed by atoms with E-state index in [0.717, 1.165) is 49.1 Å². The Morgan fingerprint density at radius 3 is 2.92 bits per heavy atom. The van der Waals surface area contributed by atoms with E-state index in [1.165, 1.54) is 6.42 Å². The zero-order chi connectivity index (χ0) is 16.4. The SMILES string of the molecule is Cn1ccnc1CN1CCC[C@@H](c2nc(-c3ccccc3)n[nH]2)C1. The number of imidazole rings is 1.